The van der Waals surface area contributed by atoms with Crippen molar-refractivity contribution < 1.29 is 9.47 Å². The molecule has 5 nitrogen and oxygen atoms in total. The van der Waals surface area contributed by atoms with Crippen LogP contribution in [0.2, 0.25) is 0 Å². The number of hydrogen-bond acceptors (Lipinski definition) is 5. The summed E-state index contributed by atoms with van der Waals surface area (Å²) >= 11 is 0. The minimum atomic E-state index is 0.0779. The van der Waals surface area contributed by atoms with Gasteiger partial charge in [0.15, 0.2) is 0 Å². The molecule has 1 aliphatic rings. The predicted octanol–water partition coefficient (Wildman–Crippen LogP) is 2.24. The molecule has 5 heteroatoms. The highest BCUT2D eigenvalue weighted by Gasteiger charge is 2.18. The Morgan fingerprint density at radius 1 is 1.35 bits per heavy atom. The number of aryl methyl sites for hydroxylation is 1. The largest absolute Gasteiger partial charge is 0.438 e. The van der Waals surface area contributed by atoms with Crippen LogP contribution in [0.3, 0.4) is 0 Å². The Balaban J connectivity index is 1.82. The summed E-state index contributed by atoms with van der Waals surface area (Å²) in [4.78, 5) is 0. The van der Waals surface area contributed by atoms with E-state index in [9.17, 15) is 0 Å². The lowest BCUT2D eigenvalue weighted by Gasteiger charge is -2.25. The summed E-state index contributed by atoms with van der Waals surface area (Å²) in [6.07, 6.45) is 1.70. The Morgan fingerprint density at radius 3 is 3.05 bits per heavy atom. The molecule has 1 saturated heterocycles. The van der Waals surface area contributed by atoms with E-state index in [4.69, 9.17) is 9.47 Å². The molecule has 1 atom stereocenters. The standard InChI is InChI=1S/C15H17N3O2/c1-11-4-5-12(20-15-3-2-6-17-18-15)9-13(11)14-10-16-7-8-19-14/h2-6,9,14,16H,7-8,10H2,1H3. The molecule has 20 heavy (non-hydrogen) atoms. The first kappa shape index (κ1) is 13.0. The van der Waals surface area contributed by atoms with Gasteiger partial charge in [0.2, 0.25) is 5.88 Å². The minimum Gasteiger partial charge on any atom is -0.438 e. The van der Waals surface area contributed by atoms with Crippen molar-refractivity contribution in [1.29, 1.82) is 0 Å². The summed E-state index contributed by atoms with van der Waals surface area (Å²) in [5.41, 5.74) is 2.35. The van der Waals surface area contributed by atoms with E-state index in [-0.39, 0.29) is 6.10 Å². The van der Waals surface area contributed by atoms with Gasteiger partial charge in [0.1, 0.15) is 5.75 Å². The lowest BCUT2D eigenvalue weighted by Crippen LogP contribution is -2.33. The Labute approximate surface area is 117 Å². The quantitative estimate of drug-likeness (QED) is 0.927. The molecule has 2 aromatic rings. The first-order valence-electron chi connectivity index (χ1n) is 6.71. The average Bonchev–Trinajstić information content (AvgIpc) is 2.51. The van der Waals surface area contributed by atoms with Gasteiger partial charge in [0.05, 0.1) is 12.7 Å². The number of morpholine rings is 1. The van der Waals surface area contributed by atoms with Crippen LogP contribution in [0, 0.1) is 6.92 Å². The summed E-state index contributed by atoms with van der Waals surface area (Å²) in [7, 11) is 0. The van der Waals surface area contributed by atoms with Crippen LogP contribution in [0.25, 0.3) is 0 Å². The van der Waals surface area contributed by atoms with Gasteiger partial charge in [-0.3, -0.25) is 0 Å². The van der Waals surface area contributed by atoms with Gasteiger partial charge in [0.25, 0.3) is 0 Å². The Morgan fingerprint density at radius 2 is 2.30 bits per heavy atom. The smallest absolute Gasteiger partial charge is 0.238 e. The zero-order chi connectivity index (χ0) is 13.8. The summed E-state index contributed by atoms with van der Waals surface area (Å²) < 4.78 is 11.5. The van der Waals surface area contributed by atoms with Gasteiger partial charge in [-0.1, -0.05) is 6.07 Å². The van der Waals surface area contributed by atoms with Crippen LogP contribution >= 0.6 is 0 Å². The van der Waals surface area contributed by atoms with E-state index in [0.717, 1.165) is 31.0 Å². The van der Waals surface area contributed by atoms with Crippen molar-refractivity contribution in [3.63, 3.8) is 0 Å². The van der Waals surface area contributed by atoms with Crippen molar-refractivity contribution in [2.45, 2.75) is 13.0 Å². The van der Waals surface area contributed by atoms with Crippen molar-refractivity contribution in [3.05, 3.63) is 47.7 Å². The van der Waals surface area contributed by atoms with Gasteiger partial charge in [0, 0.05) is 25.4 Å². The average molecular weight is 271 g/mol. The van der Waals surface area contributed by atoms with Gasteiger partial charge < -0.3 is 14.8 Å². The van der Waals surface area contributed by atoms with Gasteiger partial charge >= 0.3 is 0 Å². The number of nitrogens with one attached hydrogen (secondary N) is 1. The molecule has 1 aromatic carbocycles. The highest BCUT2D eigenvalue weighted by Crippen LogP contribution is 2.28. The molecule has 1 N–H and O–H groups in total. The lowest BCUT2D eigenvalue weighted by molar-refractivity contribution is 0.0272. The second-order valence-corrected chi connectivity index (χ2v) is 4.75. The highest BCUT2D eigenvalue weighted by molar-refractivity contribution is 5.38. The van der Waals surface area contributed by atoms with Crippen LogP contribution in [0.1, 0.15) is 17.2 Å². The monoisotopic (exact) mass is 271 g/mol. The topological polar surface area (TPSA) is 56.3 Å². The summed E-state index contributed by atoms with van der Waals surface area (Å²) in [6.45, 7) is 4.56. The molecule has 1 unspecified atom stereocenters. The van der Waals surface area contributed by atoms with Crippen LogP contribution in [0.15, 0.2) is 36.5 Å². The maximum absolute atomic E-state index is 5.80. The predicted molar refractivity (Wildman–Crippen MR) is 74.8 cm³/mol. The molecule has 1 fully saturated rings. The van der Waals surface area contributed by atoms with Crippen LogP contribution in [0.5, 0.6) is 11.6 Å². The third-order valence-corrected chi connectivity index (χ3v) is 3.30. The molecule has 0 radical (unpaired) electrons. The zero-order valence-corrected chi connectivity index (χ0v) is 11.4. The molecule has 0 saturated carbocycles. The molecule has 1 aliphatic heterocycles. The van der Waals surface area contributed by atoms with Crippen molar-refractivity contribution in [1.82, 2.24) is 15.5 Å². The van der Waals surface area contributed by atoms with E-state index in [2.05, 4.69) is 22.4 Å². The molecular weight excluding hydrogens is 254 g/mol. The first-order valence-corrected chi connectivity index (χ1v) is 6.71. The van der Waals surface area contributed by atoms with Crippen molar-refractivity contribution in [2.24, 2.45) is 0 Å². The van der Waals surface area contributed by atoms with Crippen molar-refractivity contribution >= 4 is 0 Å². The Kier molecular flexibility index (Phi) is 3.90. The minimum absolute atomic E-state index is 0.0779. The van der Waals surface area contributed by atoms with Gasteiger partial charge in [-0.25, -0.2) is 0 Å². The number of nitrogens with zero attached hydrogens (tertiary/aromatic N) is 2. The molecule has 2 heterocycles. The van der Waals surface area contributed by atoms with E-state index in [0.29, 0.717) is 5.88 Å². The maximum Gasteiger partial charge on any atom is 0.238 e. The molecule has 104 valence electrons. The molecule has 0 aliphatic carbocycles. The van der Waals surface area contributed by atoms with Crippen LogP contribution < -0.4 is 10.1 Å². The number of rotatable bonds is 3. The van der Waals surface area contributed by atoms with E-state index >= 15 is 0 Å². The normalized spacial score (nSPS) is 18.8. The summed E-state index contributed by atoms with van der Waals surface area (Å²) in [5.74, 6) is 1.24. The van der Waals surface area contributed by atoms with Crippen molar-refractivity contribution in [3.8, 4) is 11.6 Å². The van der Waals surface area contributed by atoms with Gasteiger partial charge in [-0.05, 0) is 36.2 Å². The van der Waals surface area contributed by atoms with Crippen LogP contribution in [0.4, 0.5) is 0 Å². The number of aromatic nitrogens is 2. The molecular formula is C15H17N3O2. The SMILES string of the molecule is Cc1ccc(Oc2cccnn2)cc1C1CNCCO1. The van der Waals surface area contributed by atoms with Crippen LogP contribution in [-0.2, 0) is 4.74 Å². The van der Waals surface area contributed by atoms with Crippen LogP contribution in [-0.4, -0.2) is 29.9 Å². The van der Waals surface area contributed by atoms with E-state index in [1.54, 1.807) is 18.3 Å². The summed E-state index contributed by atoms with van der Waals surface area (Å²) in [6, 6.07) is 9.57. The highest BCUT2D eigenvalue weighted by atomic mass is 16.5. The van der Waals surface area contributed by atoms with Crippen molar-refractivity contribution in [2.75, 3.05) is 19.7 Å². The second kappa shape index (κ2) is 5.98. The third-order valence-electron chi connectivity index (χ3n) is 3.30. The summed E-state index contributed by atoms with van der Waals surface area (Å²) in [5, 5.41) is 11.1. The maximum atomic E-state index is 5.80. The molecule has 0 amide bonds. The van der Waals surface area contributed by atoms with Gasteiger partial charge in [-0.15, -0.1) is 5.10 Å². The fourth-order valence-corrected chi connectivity index (χ4v) is 2.26. The van der Waals surface area contributed by atoms with E-state index in [1.165, 1.54) is 5.56 Å². The number of hydrogen-bond donors (Lipinski definition) is 1. The van der Waals surface area contributed by atoms with E-state index in [1.807, 2.05) is 18.2 Å². The second-order valence-electron chi connectivity index (χ2n) is 4.75. The number of benzene rings is 1. The molecule has 0 spiro atoms. The molecule has 0 bridgehead atoms. The first-order chi connectivity index (χ1) is 9.83. The third kappa shape index (κ3) is 2.95. The fraction of sp³-hybridized carbons (Fsp3) is 0.333. The number of ether oxygens (including phenoxy) is 2. The molecule has 3 rings (SSSR count). The molecule has 1 aromatic heterocycles. The lowest BCUT2D eigenvalue weighted by atomic mass is 10.0. The Bertz CT molecular complexity index is 569. The van der Waals surface area contributed by atoms with E-state index < -0.39 is 0 Å². The zero-order valence-electron chi connectivity index (χ0n) is 11.4. The fourth-order valence-electron chi connectivity index (χ4n) is 2.26. The Hall–Kier alpha value is -1.98. The van der Waals surface area contributed by atoms with Gasteiger partial charge in [-0.2, -0.15) is 5.10 Å².